The molecule has 5 aromatic carbocycles. The number of carbonyl (C=O) groups excluding carboxylic acids is 4. The number of hydrogen-bond acceptors (Lipinski definition) is 12. The quantitative estimate of drug-likeness (QED) is 0.0392. The SMILES string of the molecule is COC(=O)CCCCOC1OC(COC(c2ccccc2)(c2ccc(OC)cc2)c2ccc(OC)cc2)C(OC(=O)c2ccccc2)C(OC(=O)c2ccccc2)C1NC(C)=O. The minimum atomic E-state index is -1.37. The van der Waals surface area contributed by atoms with Gasteiger partial charge in [0.1, 0.15) is 29.2 Å². The van der Waals surface area contributed by atoms with Crippen molar-refractivity contribution in [1.82, 2.24) is 5.32 Å². The van der Waals surface area contributed by atoms with E-state index in [1.54, 1.807) is 74.9 Å². The van der Waals surface area contributed by atoms with Crippen molar-refractivity contribution in [1.29, 1.82) is 0 Å². The van der Waals surface area contributed by atoms with Crippen LogP contribution in [0.1, 0.15) is 63.6 Å². The molecule has 1 saturated heterocycles. The Labute approximate surface area is 361 Å². The third-order valence-electron chi connectivity index (χ3n) is 10.4. The molecule has 1 fully saturated rings. The Kier molecular flexibility index (Phi) is 15.8. The number of ether oxygens (including phenoxy) is 8. The fraction of sp³-hybridized carbons (Fsp3) is 0.306. The Balaban J connectivity index is 1.47. The van der Waals surface area contributed by atoms with Crippen LogP contribution in [-0.2, 0) is 43.6 Å². The molecule has 62 heavy (non-hydrogen) atoms. The monoisotopic (exact) mass is 845 g/mol. The zero-order chi connectivity index (χ0) is 43.9. The average molecular weight is 846 g/mol. The van der Waals surface area contributed by atoms with Gasteiger partial charge in [-0.1, -0.05) is 91.0 Å². The molecular weight excluding hydrogens is 795 g/mol. The smallest absolute Gasteiger partial charge is 0.338 e. The number of benzene rings is 5. The molecule has 1 amide bonds. The van der Waals surface area contributed by atoms with E-state index in [0.717, 1.165) is 16.7 Å². The first kappa shape index (κ1) is 45.0. The lowest BCUT2D eigenvalue weighted by Gasteiger charge is -2.46. The van der Waals surface area contributed by atoms with E-state index >= 15 is 0 Å². The van der Waals surface area contributed by atoms with Gasteiger partial charge in [0.25, 0.3) is 0 Å². The van der Waals surface area contributed by atoms with Gasteiger partial charge in [0.05, 0.1) is 39.1 Å². The van der Waals surface area contributed by atoms with Gasteiger partial charge in [-0.25, -0.2) is 9.59 Å². The first-order chi connectivity index (χ1) is 30.2. The summed E-state index contributed by atoms with van der Waals surface area (Å²) in [6.45, 7) is 1.13. The van der Waals surface area contributed by atoms with E-state index in [1.165, 1.54) is 14.0 Å². The molecule has 0 aliphatic carbocycles. The van der Waals surface area contributed by atoms with E-state index in [9.17, 15) is 19.2 Å². The van der Waals surface area contributed by atoms with Crippen LogP contribution >= 0.6 is 0 Å². The fourth-order valence-electron chi connectivity index (χ4n) is 7.34. The molecule has 0 spiro atoms. The molecule has 5 atom stereocenters. The topological polar surface area (TPSA) is 154 Å². The molecule has 1 N–H and O–H groups in total. The Morgan fingerprint density at radius 1 is 0.613 bits per heavy atom. The summed E-state index contributed by atoms with van der Waals surface area (Å²) in [4.78, 5) is 52.8. The first-order valence-electron chi connectivity index (χ1n) is 20.3. The standard InChI is InChI=1S/C49H51NO12/c1-33(51)50-43-45(62-47(54)35-18-10-6-11-19-35)44(61-46(53)34-16-8-5-9-17-34)41(60-48(43)58-31-15-14-22-42(52)57-4)32-59-49(36-20-12-7-13-21-36,37-23-27-39(55-2)28-24-37)38-25-29-40(56-3)30-26-38/h5-13,16-21,23-30,41,43-45,48H,14-15,22,31-32H2,1-4H3,(H,50,51). The molecule has 6 rings (SSSR count). The van der Waals surface area contributed by atoms with E-state index in [4.69, 9.17) is 37.9 Å². The van der Waals surface area contributed by atoms with Crippen LogP contribution in [0.4, 0.5) is 0 Å². The van der Waals surface area contributed by atoms with Crippen LogP contribution in [0.25, 0.3) is 0 Å². The van der Waals surface area contributed by atoms with Gasteiger partial charge in [0.2, 0.25) is 5.91 Å². The molecular formula is C49H51NO12. The molecule has 5 unspecified atom stereocenters. The molecule has 1 heterocycles. The molecule has 1 aliphatic rings. The van der Waals surface area contributed by atoms with Crippen LogP contribution in [0, 0.1) is 0 Å². The molecule has 0 saturated carbocycles. The second-order valence-corrected chi connectivity index (χ2v) is 14.5. The highest BCUT2D eigenvalue weighted by Crippen LogP contribution is 2.43. The number of methoxy groups -OCH3 is 3. The first-order valence-corrected chi connectivity index (χ1v) is 20.3. The summed E-state index contributed by atoms with van der Waals surface area (Å²) in [5, 5.41) is 2.85. The Bertz CT molecular complexity index is 2150. The maximum Gasteiger partial charge on any atom is 0.338 e. The molecule has 5 aromatic rings. The van der Waals surface area contributed by atoms with Crippen LogP contribution in [0.5, 0.6) is 11.5 Å². The van der Waals surface area contributed by atoms with Crippen molar-refractivity contribution in [2.24, 2.45) is 0 Å². The number of rotatable bonds is 19. The predicted molar refractivity (Wildman–Crippen MR) is 228 cm³/mol. The van der Waals surface area contributed by atoms with Crippen LogP contribution in [0.15, 0.2) is 140 Å². The van der Waals surface area contributed by atoms with Gasteiger partial charge in [0.15, 0.2) is 18.5 Å². The van der Waals surface area contributed by atoms with E-state index in [1.807, 2.05) is 78.9 Å². The predicted octanol–water partition coefficient (Wildman–Crippen LogP) is 7.05. The molecule has 1 aliphatic heterocycles. The molecule has 13 nitrogen and oxygen atoms in total. The number of unbranched alkanes of at least 4 members (excludes halogenated alkanes) is 1. The highest BCUT2D eigenvalue weighted by molar-refractivity contribution is 5.90. The molecule has 0 bridgehead atoms. The Hall–Kier alpha value is -6.54. The van der Waals surface area contributed by atoms with Gasteiger partial charge in [-0.05, 0) is 78.1 Å². The maximum absolute atomic E-state index is 14.0. The summed E-state index contributed by atoms with van der Waals surface area (Å²) in [5.74, 6) is -1.05. The van der Waals surface area contributed by atoms with Crippen LogP contribution in [0.3, 0.4) is 0 Å². The molecule has 13 heteroatoms. The second kappa shape index (κ2) is 21.8. The van der Waals surface area contributed by atoms with Gasteiger partial charge in [-0.15, -0.1) is 0 Å². The normalized spacial score (nSPS) is 18.5. The van der Waals surface area contributed by atoms with Crippen molar-refractivity contribution in [2.75, 3.05) is 34.5 Å². The van der Waals surface area contributed by atoms with E-state index in [-0.39, 0.29) is 36.7 Å². The zero-order valence-electron chi connectivity index (χ0n) is 35.1. The summed E-state index contributed by atoms with van der Waals surface area (Å²) in [5.41, 5.74) is 1.34. The molecule has 0 aromatic heterocycles. The Morgan fingerprint density at radius 3 is 1.58 bits per heavy atom. The second-order valence-electron chi connectivity index (χ2n) is 14.5. The number of amides is 1. The van der Waals surface area contributed by atoms with Gasteiger partial charge in [0, 0.05) is 20.0 Å². The average Bonchev–Trinajstić information content (AvgIpc) is 3.31. The lowest BCUT2D eigenvalue weighted by molar-refractivity contribution is -0.275. The van der Waals surface area contributed by atoms with Crippen LogP contribution < -0.4 is 14.8 Å². The summed E-state index contributed by atoms with van der Waals surface area (Å²) in [6.07, 6.45) is -4.12. The largest absolute Gasteiger partial charge is 0.497 e. The maximum atomic E-state index is 14.0. The van der Waals surface area contributed by atoms with Gasteiger partial charge < -0.3 is 43.2 Å². The summed E-state index contributed by atoms with van der Waals surface area (Å²) in [6, 6.07) is 40.1. The van der Waals surface area contributed by atoms with Gasteiger partial charge >= 0.3 is 17.9 Å². The van der Waals surface area contributed by atoms with Gasteiger partial charge in [-0.2, -0.15) is 0 Å². The van der Waals surface area contributed by atoms with Crippen LogP contribution in [0.2, 0.25) is 0 Å². The van der Waals surface area contributed by atoms with E-state index < -0.39 is 54.1 Å². The highest BCUT2D eigenvalue weighted by Gasteiger charge is 2.52. The minimum absolute atomic E-state index is 0.0881. The van der Waals surface area contributed by atoms with Gasteiger partial charge in [-0.3, -0.25) is 9.59 Å². The van der Waals surface area contributed by atoms with Crippen LogP contribution in [-0.4, -0.2) is 89.0 Å². The number of hydrogen-bond donors (Lipinski definition) is 1. The van der Waals surface area contributed by atoms with Crippen molar-refractivity contribution < 1.29 is 57.1 Å². The number of esters is 3. The molecule has 324 valence electrons. The number of carbonyl (C=O) groups is 4. The number of nitrogens with one attached hydrogen (secondary N) is 1. The van der Waals surface area contributed by atoms with Crippen molar-refractivity contribution in [3.8, 4) is 11.5 Å². The Morgan fingerprint density at radius 2 is 1.10 bits per heavy atom. The van der Waals surface area contributed by atoms with E-state index in [0.29, 0.717) is 24.3 Å². The van der Waals surface area contributed by atoms with Crippen molar-refractivity contribution in [2.45, 2.75) is 62.4 Å². The third-order valence-corrected chi connectivity index (χ3v) is 10.4. The van der Waals surface area contributed by atoms with Crippen molar-refractivity contribution in [3.05, 3.63) is 167 Å². The minimum Gasteiger partial charge on any atom is -0.497 e. The third kappa shape index (κ3) is 11.0. The summed E-state index contributed by atoms with van der Waals surface area (Å²) < 4.78 is 48.7. The highest BCUT2D eigenvalue weighted by atomic mass is 16.7. The van der Waals surface area contributed by atoms with Crippen molar-refractivity contribution >= 4 is 23.8 Å². The zero-order valence-corrected chi connectivity index (χ0v) is 35.1. The van der Waals surface area contributed by atoms with E-state index in [2.05, 4.69) is 5.32 Å². The van der Waals surface area contributed by atoms with Crippen molar-refractivity contribution in [3.63, 3.8) is 0 Å². The summed E-state index contributed by atoms with van der Waals surface area (Å²) >= 11 is 0. The lowest BCUT2D eigenvalue weighted by Crippen LogP contribution is -2.67. The molecule has 0 radical (unpaired) electrons. The summed E-state index contributed by atoms with van der Waals surface area (Å²) in [7, 11) is 4.50. The lowest BCUT2D eigenvalue weighted by atomic mass is 9.80. The fourth-order valence-corrected chi connectivity index (χ4v) is 7.34.